The van der Waals surface area contributed by atoms with Crippen molar-refractivity contribution < 1.29 is 4.79 Å². The van der Waals surface area contributed by atoms with Gasteiger partial charge in [0.25, 0.3) is 0 Å². The number of nitrogens with one attached hydrogen (secondary N) is 1. The van der Waals surface area contributed by atoms with Crippen LogP contribution in [0.1, 0.15) is 30.5 Å². The van der Waals surface area contributed by atoms with Crippen molar-refractivity contribution in [2.45, 2.75) is 19.4 Å². The average molecular weight is 415 g/mol. The predicted molar refractivity (Wildman–Crippen MR) is 128 cm³/mol. The largest absolute Gasteiger partial charge is 0.397 e. The van der Waals surface area contributed by atoms with Gasteiger partial charge in [-0.3, -0.25) is 9.69 Å². The van der Waals surface area contributed by atoms with E-state index in [0.717, 1.165) is 43.2 Å². The van der Waals surface area contributed by atoms with E-state index in [0.29, 0.717) is 6.42 Å². The Balaban J connectivity index is 1.52. The molecular formula is C26H30N4O. The van der Waals surface area contributed by atoms with Gasteiger partial charge in [0.15, 0.2) is 0 Å². The Labute approximate surface area is 184 Å². The van der Waals surface area contributed by atoms with Gasteiger partial charge in [-0.25, -0.2) is 0 Å². The zero-order valence-corrected chi connectivity index (χ0v) is 18.0. The van der Waals surface area contributed by atoms with E-state index in [1.165, 1.54) is 11.1 Å². The molecule has 0 spiro atoms. The van der Waals surface area contributed by atoms with E-state index in [-0.39, 0.29) is 11.9 Å². The van der Waals surface area contributed by atoms with Crippen LogP contribution in [0.5, 0.6) is 0 Å². The second-order valence-corrected chi connectivity index (χ2v) is 7.92. The normalized spacial score (nSPS) is 14.6. The summed E-state index contributed by atoms with van der Waals surface area (Å²) >= 11 is 0. The Morgan fingerprint density at radius 2 is 1.48 bits per heavy atom. The minimum absolute atomic E-state index is 0.00843. The third-order valence-corrected chi connectivity index (χ3v) is 5.89. The van der Waals surface area contributed by atoms with E-state index in [1.807, 2.05) is 25.1 Å². The van der Waals surface area contributed by atoms with Crippen LogP contribution in [0.4, 0.5) is 17.1 Å². The summed E-state index contributed by atoms with van der Waals surface area (Å²) in [6.07, 6.45) is 0.457. The van der Waals surface area contributed by atoms with Gasteiger partial charge in [0.2, 0.25) is 5.91 Å². The molecule has 160 valence electrons. The molecular weight excluding hydrogens is 384 g/mol. The van der Waals surface area contributed by atoms with Crippen molar-refractivity contribution in [1.82, 2.24) is 4.90 Å². The molecule has 3 N–H and O–H groups in total. The van der Waals surface area contributed by atoms with Gasteiger partial charge >= 0.3 is 0 Å². The number of nitrogens with zero attached hydrogens (tertiary/aromatic N) is 2. The molecule has 0 atom stereocenters. The Kier molecular flexibility index (Phi) is 6.53. The van der Waals surface area contributed by atoms with E-state index in [9.17, 15) is 4.79 Å². The molecule has 0 aliphatic carbocycles. The summed E-state index contributed by atoms with van der Waals surface area (Å²) in [5, 5.41) is 2.94. The number of hydrogen-bond acceptors (Lipinski definition) is 4. The molecule has 1 heterocycles. The van der Waals surface area contributed by atoms with Crippen LogP contribution in [0, 0.1) is 0 Å². The molecule has 0 saturated carbocycles. The number of carbonyl (C=O) groups excluding carboxylic acids is 1. The molecule has 1 amide bonds. The van der Waals surface area contributed by atoms with Crippen LogP contribution in [0.3, 0.4) is 0 Å². The van der Waals surface area contributed by atoms with Gasteiger partial charge in [-0.05, 0) is 29.3 Å². The van der Waals surface area contributed by atoms with Crippen molar-refractivity contribution in [3.63, 3.8) is 0 Å². The smallest absolute Gasteiger partial charge is 0.224 e. The molecule has 0 bridgehead atoms. The lowest BCUT2D eigenvalue weighted by atomic mass is 9.96. The van der Waals surface area contributed by atoms with Gasteiger partial charge in [-0.15, -0.1) is 0 Å². The molecule has 5 nitrogen and oxygen atoms in total. The molecule has 5 heteroatoms. The first-order valence-electron chi connectivity index (χ1n) is 10.9. The number of hydrogen-bond donors (Lipinski definition) is 2. The number of benzene rings is 3. The number of anilines is 3. The second-order valence-electron chi connectivity index (χ2n) is 7.92. The zero-order chi connectivity index (χ0) is 21.6. The van der Waals surface area contributed by atoms with Crippen LogP contribution < -0.4 is 16.0 Å². The van der Waals surface area contributed by atoms with Crippen molar-refractivity contribution in [3.8, 4) is 0 Å². The van der Waals surface area contributed by atoms with Crippen molar-refractivity contribution in [2.24, 2.45) is 0 Å². The fourth-order valence-corrected chi connectivity index (χ4v) is 4.25. The maximum atomic E-state index is 11.8. The number of nitrogens with two attached hydrogens (primary N) is 1. The Hall–Kier alpha value is -3.31. The minimum atomic E-state index is 0.00843. The third kappa shape index (κ3) is 4.89. The first kappa shape index (κ1) is 20.9. The maximum absolute atomic E-state index is 11.8. The molecule has 31 heavy (non-hydrogen) atoms. The van der Waals surface area contributed by atoms with Gasteiger partial charge in [-0.2, -0.15) is 0 Å². The molecule has 1 fully saturated rings. The summed E-state index contributed by atoms with van der Waals surface area (Å²) in [4.78, 5) is 16.6. The van der Waals surface area contributed by atoms with E-state index < -0.39 is 0 Å². The van der Waals surface area contributed by atoms with Crippen LogP contribution in [0.2, 0.25) is 0 Å². The molecule has 0 aromatic heterocycles. The van der Waals surface area contributed by atoms with Crippen molar-refractivity contribution in [3.05, 3.63) is 90.0 Å². The van der Waals surface area contributed by atoms with Gasteiger partial charge in [0, 0.05) is 38.3 Å². The standard InChI is InChI=1S/C26H30N4O/c1-2-25(31)28-22-13-14-23(27)24(19-22)29-15-17-30(18-16-29)26(20-9-5-3-6-10-20)21-11-7-4-8-12-21/h3-14,19,26H,2,15-18,27H2,1H3,(H,28,31). The van der Waals surface area contributed by atoms with Crippen molar-refractivity contribution in [2.75, 3.05) is 42.1 Å². The SMILES string of the molecule is CCC(=O)Nc1ccc(N)c(N2CCN(C(c3ccccc3)c3ccccc3)CC2)c1. The fraction of sp³-hybridized carbons (Fsp3) is 0.269. The highest BCUT2D eigenvalue weighted by Crippen LogP contribution is 2.32. The topological polar surface area (TPSA) is 61.6 Å². The lowest BCUT2D eigenvalue weighted by molar-refractivity contribution is -0.115. The first-order chi connectivity index (χ1) is 15.2. The Bertz CT molecular complexity index is 959. The summed E-state index contributed by atoms with van der Waals surface area (Å²) in [5.74, 6) is 0.00843. The number of piperazine rings is 1. The molecule has 4 rings (SSSR count). The Morgan fingerprint density at radius 3 is 2.03 bits per heavy atom. The van der Waals surface area contributed by atoms with Gasteiger partial charge in [0.1, 0.15) is 0 Å². The lowest BCUT2D eigenvalue weighted by Gasteiger charge is -2.41. The summed E-state index contributed by atoms with van der Waals surface area (Å²) in [5.41, 5.74) is 11.4. The van der Waals surface area contributed by atoms with E-state index >= 15 is 0 Å². The maximum Gasteiger partial charge on any atom is 0.224 e. The Morgan fingerprint density at radius 1 is 0.903 bits per heavy atom. The van der Waals surface area contributed by atoms with E-state index in [1.54, 1.807) is 0 Å². The highest BCUT2D eigenvalue weighted by Gasteiger charge is 2.27. The average Bonchev–Trinajstić information content (AvgIpc) is 2.82. The van der Waals surface area contributed by atoms with Crippen molar-refractivity contribution in [1.29, 1.82) is 0 Å². The van der Waals surface area contributed by atoms with E-state index in [4.69, 9.17) is 5.73 Å². The summed E-state index contributed by atoms with van der Waals surface area (Å²) in [6.45, 7) is 5.47. The van der Waals surface area contributed by atoms with Crippen LogP contribution >= 0.6 is 0 Å². The highest BCUT2D eigenvalue weighted by atomic mass is 16.1. The quantitative estimate of drug-likeness (QED) is 0.582. The predicted octanol–water partition coefficient (Wildman–Crippen LogP) is 4.53. The van der Waals surface area contributed by atoms with Crippen LogP contribution in [-0.2, 0) is 4.79 Å². The van der Waals surface area contributed by atoms with Gasteiger partial charge < -0.3 is 16.0 Å². The first-order valence-corrected chi connectivity index (χ1v) is 10.9. The molecule has 1 saturated heterocycles. The molecule has 0 radical (unpaired) electrons. The molecule has 3 aromatic rings. The lowest BCUT2D eigenvalue weighted by Crippen LogP contribution is -2.48. The monoisotopic (exact) mass is 414 g/mol. The summed E-state index contributed by atoms with van der Waals surface area (Å²) in [6, 6.07) is 27.4. The fourth-order valence-electron chi connectivity index (χ4n) is 4.25. The summed E-state index contributed by atoms with van der Waals surface area (Å²) in [7, 11) is 0. The molecule has 3 aromatic carbocycles. The van der Waals surface area contributed by atoms with E-state index in [2.05, 4.69) is 75.8 Å². The number of nitrogen functional groups attached to an aromatic ring is 1. The molecule has 0 unspecified atom stereocenters. The number of amides is 1. The van der Waals surface area contributed by atoms with Gasteiger partial charge in [-0.1, -0.05) is 67.6 Å². The third-order valence-electron chi connectivity index (χ3n) is 5.89. The zero-order valence-electron chi connectivity index (χ0n) is 18.0. The number of rotatable bonds is 6. The number of carbonyl (C=O) groups is 1. The summed E-state index contributed by atoms with van der Waals surface area (Å²) < 4.78 is 0. The second kappa shape index (κ2) is 9.67. The highest BCUT2D eigenvalue weighted by molar-refractivity contribution is 5.91. The molecule has 1 aliphatic rings. The van der Waals surface area contributed by atoms with Crippen LogP contribution in [0.15, 0.2) is 78.9 Å². The van der Waals surface area contributed by atoms with Crippen LogP contribution in [-0.4, -0.2) is 37.0 Å². The molecule has 1 aliphatic heterocycles. The van der Waals surface area contributed by atoms with Gasteiger partial charge in [0.05, 0.1) is 17.4 Å². The minimum Gasteiger partial charge on any atom is -0.397 e. The van der Waals surface area contributed by atoms with Crippen LogP contribution in [0.25, 0.3) is 0 Å². The van der Waals surface area contributed by atoms with Crippen molar-refractivity contribution >= 4 is 23.0 Å².